The average Bonchev–Trinajstić information content (AvgIpc) is 3.25. The molecule has 3 heterocycles. The van der Waals surface area contributed by atoms with Crippen LogP contribution in [-0.4, -0.2) is 49.7 Å². The first-order valence-electron chi connectivity index (χ1n) is 12.6. The van der Waals surface area contributed by atoms with Crippen molar-refractivity contribution in [2.24, 2.45) is 11.1 Å². The molecule has 1 spiro atoms. The predicted molar refractivity (Wildman–Crippen MR) is 131 cm³/mol. The van der Waals surface area contributed by atoms with Crippen LogP contribution in [0.25, 0.3) is 5.52 Å². The van der Waals surface area contributed by atoms with E-state index >= 15 is 0 Å². The largest absolute Gasteiger partial charge is 0.393 e. The van der Waals surface area contributed by atoms with Gasteiger partial charge in [-0.25, -0.2) is 13.3 Å². The summed E-state index contributed by atoms with van der Waals surface area (Å²) < 4.78 is 29.3. The Labute approximate surface area is 212 Å². The summed E-state index contributed by atoms with van der Waals surface area (Å²) >= 11 is 0. The van der Waals surface area contributed by atoms with E-state index in [-0.39, 0.29) is 41.8 Å². The third-order valence-electron chi connectivity index (χ3n) is 8.47. The van der Waals surface area contributed by atoms with E-state index in [1.807, 2.05) is 12.1 Å². The van der Waals surface area contributed by atoms with Crippen LogP contribution in [-0.2, 0) is 0 Å². The van der Waals surface area contributed by atoms with Gasteiger partial charge in [-0.1, -0.05) is 0 Å². The summed E-state index contributed by atoms with van der Waals surface area (Å²) in [5, 5.41) is 24.6. The number of aliphatic hydroxyl groups is 1. The zero-order chi connectivity index (χ0) is 25.9. The lowest BCUT2D eigenvalue weighted by atomic mass is 9.52. The van der Waals surface area contributed by atoms with Crippen molar-refractivity contribution in [2.45, 2.75) is 75.0 Å². The number of carbonyl (C=O) groups is 1. The predicted octanol–water partition coefficient (Wildman–Crippen LogP) is 3.78. The lowest BCUT2D eigenvalue weighted by Gasteiger charge is -2.61. The van der Waals surface area contributed by atoms with Crippen LogP contribution in [0.5, 0.6) is 0 Å². The van der Waals surface area contributed by atoms with Crippen LogP contribution in [0.15, 0.2) is 42.9 Å². The smallest absolute Gasteiger partial charge is 0.252 e. The first-order chi connectivity index (χ1) is 17.7. The molecule has 0 saturated heterocycles. The number of hydrogen-bond donors (Lipinski definition) is 2. The summed E-state index contributed by atoms with van der Waals surface area (Å²) in [5.74, 6) is -3.22. The summed E-state index contributed by atoms with van der Waals surface area (Å²) in [6.07, 6.45) is 6.78. The Balaban J connectivity index is 1.33. The number of nitrogens with two attached hydrogens (primary N) is 1. The van der Waals surface area contributed by atoms with Crippen molar-refractivity contribution in [3.8, 4) is 6.07 Å². The Kier molecular flexibility index (Phi) is 5.46. The van der Waals surface area contributed by atoms with Crippen molar-refractivity contribution in [2.75, 3.05) is 4.90 Å². The van der Waals surface area contributed by atoms with Crippen LogP contribution in [0.1, 0.15) is 72.5 Å². The molecule has 0 aromatic carbocycles. The fraction of sp³-hybridized carbons (Fsp3) is 0.481. The molecule has 3 N–H and O–H groups in total. The molecule has 192 valence electrons. The van der Waals surface area contributed by atoms with E-state index in [1.165, 1.54) is 12.4 Å². The number of hydrogen-bond acceptors (Lipinski definition) is 6. The van der Waals surface area contributed by atoms with Crippen molar-refractivity contribution in [1.29, 1.82) is 5.26 Å². The van der Waals surface area contributed by atoms with Gasteiger partial charge in [-0.05, 0) is 61.8 Å². The lowest BCUT2D eigenvalue weighted by molar-refractivity contribution is -0.196. The number of aliphatic hydroxyl groups excluding tert-OH is 1. The quantitative estimate of drug-likeness (QED) is 0.543. The fourth-order valence-corrected chi connectivity index (χ4v) is 7.08. The maximum atomic E-state index is 13.7. The molecular weight excluding hydrogens is 478 g/mol. The van der Waals surface area contributed by atoms with Crippen LogP contribution in [0.2, 0.25) is 0 Å². The van der Waals surface area contributed by atoms with Gasteiger partial charge in [0.25, 0.3) is 5.91 Å². The Morgan fingerprint density at radius 1 is 1.16 bits per heavy atom. The fourth-order valence-electron chi connectivity index (χ4n) is 7.08. The highest BCUT2D eigenvalue weighted by Crippen LogP contribution is 2.64. The third-order valence-corrected chi connectivity index (χ3v) is 8.47. The summed E-state index contributed by atoms with van der Waals surface area (Å²) in [7, 11) is 0. The van der Waals surface area contributed by atoms with Crippen LogP contribution >= 0.6 is 0 Å². The number of halogens is 2. The molecule has 1 unspecified atom stereocenters. The van der Waals surface area contributed by atoms with E-state index in [1.54, 1.807) is 22.8 Å². The van der Waals surface area contributed by atoms with Crippen molar-refractivity contribution >= 4 is 17.1 Å². The number of alkyl halides is 2. The molecule has 1 amide bonds. The van der Waals surface area contributed by atoms with Gasteiger partial charge in [0.1, 0.15) is 6.07 Å². The van der Waals surface area contributed by atoms with Crippen LogP contribution in [0.3, 0.4) is 0 Å². The minimum Gasteiger partial charge on any atom is -0.393 e. The Hall–Kier alpha value is -3.58. The number of nitriles is 1. The third kappa shape index (κ3) is 4.11. The molecule has 3 aliphatic rings. The summed E-state index contributed by atoms with van der Waals surface area (Å²) in [5.41, 5.74) is 8.50. The molecule has 8 nitrogen and oxygen atoms in total. The molecule has 0 aliphatic heterocycles. The van der Waals surface area contributed by atoms with E-state index in [9.17, 15) is 23.9 Å². The highest BCUT2D eigenvalue weighted by molar-refractivity contribution is 5.98. The maximum absolute atomic E-state index is 13.7. The zero-order valence-corrected chi connectivity index (χ0v) is 20.2. The number of nitrogens with zero attached hydrogens (tertiary/aromatic N) is 5. The summed E-state index contributed by atoms with van der Waals surface area (Å²) in [4.78, 5) is 18.5. The number of aromatic nitrogens is 3. The highest BCUT2D eigenvalue weighted by atomic mass is 19.3. The normalized spacial score (nSPS) is 26.3. The summed E-state index contributed by atoms with van der Waals surface area (Å²) in [6.45, 7) is 0. The molecule has 6 rings (SSSR count). The number of fused-ring (bicyclic) bond motifs is 1. The summed E-state index contributed by atoms with van der Waals surface area (Å²) in [6, 6.07) is 9.36. The van der Waals surface area contributed by atoms with Crippen molar-refractivity contribution in [3.05, 3.63) is 59.7 Å². The Morgan fingerprint density at radius 2 is 1.95 bits per heavy atom. The number of rotatable bonds is 5. The molecule has 3 atom stereocenters. The molecule has 3 aromatic rings. The van der Waals surface area contributed by atoms with E-state index in [0.29, 0.717) is 43.4 Å². The lowest BCUT2D eigenvalue weighted by Crippen LogP contribution is -2.62. The van der Waals surface area contributed by atoms with E-state index in [4.69, 9.17) is 5.73 Å². The topological polar surface area (TPSA) is 121 Å². The first kappa shape index (κ1) is 23.8. The minimum atomic E-state index is -2.59. The monoisotopic (exact) mass is 506 g/mol. The number of anilines is 1. The minimum absolute atomic E-state index is 0.0277. The number of carbonyl (C=O) groups excluding carboxylic acids is 1. The molecule has 3 aromatic heterocycles. The van der Waals surface area contributed by atoms with Gasteiger partial charge in [0, 0.05) is 48.9 Å². The molecule has 0 bridgehead atoms. The first-order valence-corrected chi connectivity index (χ1v) is 12.6. The molecule has 0 radical (unpaired) electrons. The number of amides is 1. The average molecular weight is 507 g/mol. The van der Waals surface area contributed by atoms with Gasteiger partial charge in [-0.2, -0.15) is 10.4 Å². The van der Waals surface area contributed by atoms with E-state index < -0.39 is 17.9 Å². The molecule has 3 saturated carbocycles. The molecular formula is C27H28F2N6O2. The van der Waals surface area contributed by atoms with Crippen LogP contribution < -0.4 is 10.6 Å². The second-order valence-corrected chi connectivity index (χ2v) is 11.1. The van der Waals surface area contributed by atoms with Gasteiger partial charge >= 0.3 is 0 Å². The second-order valence-electron chi connectivity index (χ2n) is 11.1. The molecule has 3 aliphatic carbocycles. The van der Waals surface area contributed by atoms with Crippen molar-refractivity contribution < 1.29 is 18.7 Å². The van der Waals surface area contributed by atoms with Gasteiger partial charge in [0.05, 0.1) is 34.6 Å². The van der Waals surface area contributed by atoms with Gasteiger partial charge in [-0.3, -0.25) is 9.78 Å². The molecule has 10 heteroatoms. The van der Waals surface area contributed by atoms with Gasteiger partial charge in [0.2, 0.25) is 5.92 Å². The van der Waals surface area contributed by atoms with Gasteiger partial charge in [-0.15, -0.1) is 0 Å². The van der Waals surface area contributed by atoms with Gasteiger partial charge < -0.3 is 15.7 Å². The van der Waals surface area contributed by atoms with E-state index in [0.717, 1.165) is 11.2 Å². The zero-order valence-electron chi connectivity index (χ0n) is 20.2. The van der Waals surface area contributed by atoms with Crippen molar-refractivity contribution in [3.63, 3.8) is 0 Å². The van der Waals surface area contributed by atoms with E-state index in [2.05, 4.69) is 21.1 Å². The van der Waals surface area contributed by atoms with Crippen LogP contribution in [0, 0.1) is 16.7 Å². The van der Waals surface area contributed by atoms with Gasteiger partial charge in [0.15, 0.2) is 0 Å². The van der Waals surface area contributed by atoms with Crippen LogP contribution in [0.4, 0.5) is 14.5 Å². The Morgan fingerprint density at radius 3 is 2.65 bits per heavy atom. The highest BCUT2D eigenvalue weighted by Gasteiger charge is 2.63. The standard InChI is InChI=1S/C27H28F2N6O2/c28-27(29)14-26(15-27)9-20(10-26)34(24-3-4-32-13-22(24)25(31)37)19-6-17(7-21(36)8-19)23-2-1-18-5-16(11-30)12-33-35(18)23/h1-5,12-13,17,19-21,36H,6-10,14-15H2,(H2,31,37)/t17?,19-,21+/m0/s1. The number of pyridine rings is 1. The van der Waals surface area contributed by atoms with Crippen molar-refractivity contribution in [1.82, 2.24) is 14.6 Å². The SMILES string of the molecule is N#Cc1cnn2c(C3C[C@@H](O)C[C@@H](N(c4ccncc4C(N)=O)C4CC5(C4)CC(F)(F)C5)C3)ccc2c1. The molecule has 37 heavy (non-hydrogen) atoms. The maximum Gasteiger partial charge on any atom is 0.252 e. The molecule has 3 fully saturated rings. The second kappa shape index (κ2) is 8.48. The Bertz CT molecular complexity index is 1400. The number of primary amides is 1.